The van der Waals surface area contributed by atoms with Crippen molar-refractivity contribution in [3.8, 4) is 0 Å². The van der Waals surface area contributed by atoms with Crippen LogP contribution in [-0.4, -0.2) is 28.9 Å². The average molecular weight is 407 g/mol. The van der Waals surface area contributed by atoms with Crippen molar-refractivity contribution in [1.82, 2.24) is 0 Å². The van der Waals surface area contributed by atoms with Crippen LogP contribution in [0.4, 0.5) is 0 Å². The number of Topliss-reactive ketones (excluding diaryl/α,β-unsaturated/α-hetero) is 1. The number of esters is 2. The molecule has 164 valence electrons. The largest absolute Gasteiger partial charge is 0.455 e. The highest BCUT2D eigenvalue weighted by Gasteiger charge is 2.43. The quantitative estimate of drug-likeness (QED) is 0.357. The zero-order chi connectivity index (χ0) is 22.5. The Morgan fingerprint density at radius 2 is 1.14 bits per heavy atom. The minimum absolute atomic E-state index is 0.121. The van der Waals surface area contributed by atoms with Gasteiger partial charge in [0, 0.05) is 18.4 Å². The van der Waals surface area contributed by atoms with Crippen LogP contribution in [0, 0.1) is 0 Å². The lowest BCUT2D eigenvalue weighted by Crippen LogP contribution is -2.51. The van der Waals surface area contributed by atoms with Crippen molar-refractivity contribution in [3.63, 3.8) is 0 Å². The highest BCUT2D eigenvalue weighted by Crippen LogP contribution is 2.30. The number of hydrogen-bond acceptors (Lipinski definition) is 5. The number of ether oxygens (including phenoxy) is 2. The molecule has 0 N–H and O–H groups in total. The van der Waals surface area contributed by atoms with Crippen LogP contribution in [0.2, 0.25) is 0 Å². The number of unbranched alkanes of at least 4 members (excludes halogenated alkanes) is 2. The van der Waals surface area contributed by atoms with E-state index in [0.29, 0.717) is 12.8 Å². The third-order valence-corrected chi connectivity index (χ3v) is 4.84. The first-order valence-electron chi connectivity index (χ1n) is 10.5. The Hall–Kier alpha value is -2.17. The van der Waals surface area contributed by atoms with Crippen molar-refractivity contribution in [3.05, 3.63) is 35.9 Å². The molecule has 0 saturated carbocycles. The highest BCUT2D eigenvalue weighted by molar-refractivity contribution is 5.93. The second-order valence-electron chi connectivity index (χ2n) is 8.10. The van der Waals surface area contributed by atoms with Gasteiger partial charge in [-0.25, -0.2) is 0 Å². The van der Waals surface area contributed by atoms with E-state index in [1.54, 1.807) is 34.6 Å². The number of ketones is 1. The summed E-state index contributed by atoms with van der Waals surface area (Å²) in [5.74, 6) is -0.361. The Morgan fingerprint density at radius 3 is 1.41 bits per heavy atom. The van der Waals surface area contributed by atoms with E-state index < -0.39 is 11.2 Å². The molecule has 0 aliphatic heterocycles. The van der Waals surface area contributed by atoms with Crippen LogP contribution < -0.4 is 0 Å². The first kappa shape index (κ1) is 26.8. The van der Waals surface area contributed by atoms with Crippen LogP contribution in [0.1, 0.15) is 97.3 Å². The lowest BCUT2D eigenvalue weighted by atomic mass is 9.89. The Morgan fingerprint density at radius 1 is 0.759 bits per heavy atom. The molecule has 1 aromatic rings. The third kappa shape index (κ3) is 10.8. The number of benzene rings is 1. The normalized spacial score (nSPS) is 11.1. The maximum absolute atomic E-state index is 11.8. The van der Waals surface area contributed by atoms with Crippen LogP contribution in [-0.2, 0) is 19.1 Å². The van der Waals surface area contributed by atoms with Crippen molar-refractivity contribution in [1.29, 1.82) is 0 Å². The molecule has 29 heavy (non-hydrogen) atoms. The van der Waals surface area contributed by atoms with E-state index >= 15 is 0 Å². The lowest BCUT2D eigenvalue weighted by Gasteiger charge is -2.40. The van der Waals surface area contributed by atoms with Crippen LogP contribution in [0.3, 0.4) is 0 Å². The smallest absolute Gasteiger partial charge is 0.306 e. The van der Waals surface area contributed by atoms with Gasteiger partial charge < -0.3 is 9.47 Å². The SMILES string of the molecule is CC(=O)c1ccccc1.CCCCC(=O)OC(C)(C)C(C)(C)OC(=O)CCCC. The van der Waals surface area contributed by atoms with Gasteiger partial charge in [-0.3, -0.25) is 14.4 Å². The Bertz CT molecular complexity index is 600. The molecular weight excluding hydrogens is 368 g/mol. The second kappa shape index (κ2) is 13.1. The second-order valence-corrected chi connectivity index (χ2v) is 8.10. The topological polar surface area (TPSA) is 69.7 Å². The maximum atomic E-state index is 11.8. The molecular formula is C24H38O5. The Labute approximate surface area is 176 Å². The molecule has 0 aliphatic rings. The van der Waals surface area contributed by atoms with Crippen LogP contribution in [0.5, 0.6) is 0 Å². The molecule has 0 unspecified atom stereocenters. The standard InChI is InChI=1S/C16H30O4.C8H8O/c1-7-9-11-13(17)19-15(3,4)16(5,6)20-14(18)12-10-8-2;1-7(9)8-5-3-2-4-6-8/h7-12H2,1-6H3;2-6H,1H3. The first-order chi connectivity index (χ1) is 13.5. The Kier molecular flexibility index (Phi) is 12.1. The van der Waals surface area contributed by atoms with Gasteiger partial charge in [-0.2, -0.15) is 0 Å². The van der Waals surface area contributed by atoms with Crippen LogP contribution in [0.15, 0.2) is 30.3 Å². The molecule has 5 nitrogen and oxygen atoms in total. The van der Waals surface area contributed by atoms with Gasteiger partial charge in [-0.1, -0.05) is 57.0 Å². The predicted molar refractivity (Wildman–Crippen MR) is 116 cm³/mol. The summed E-state index contributed by atoms with van der Waals surface area (Å²) in [4.78, 5) is 34.2. The third-order valence-electron chi connectivity index (χ3n) is 4.84. The molecule has 0 heterocycles. The van der Waals surface area contributed by atoms with E-state index in [9.17, 15) is 14.4 Å². The average Bonchev–Trinajstić information content (AvgIpc) is 2.65. The molecule has 5 heteroatoms. The summed E-state index contributed by atoms with van der Waals surface area (Å²) in [5, 5.41) is 0. The molecule has 0 amide bonds. The number of carbonyl (C=O) groups is 3. The van der Waals surface area contributed by atoms with Crippen molar-refractivity contribution < 1.29 is 23.9 Å². The predicted octanol–water partition coefficient (Wildman–Crippen LogP) is 5.90. The van der Waals surface area contributed by atoms with Crippen LogP contribution >= 0.6 is 0 Å². The van der Waals surface area contributed by atoms with Gasteiger partial charge in [-0.15, -0.1) is 0 Å². The molecule has 0 saturated heterocycles. The van der Waals surface area contributed by atoms with E-state index in [0.717, 1.165) is 31.2 Å². The molecule has 1 rings (SSSR count). The minimum Gasteiger partial charge on any atom is -0.455 e. The van der Waals surface area contributed by atoms with Gasteiger partial charge in [0.1, 0.15) is 11.2 Å². The molecule has 0 aliphatic carbocycles. The van der Waals surface area contributed by atoms with Gasteiger partial charge >= 0.3 is 11.9 Å². The minimum atomic E-state index is -0.848. The summed E-state index contributed by atoms with van der Waals surface area (Å²) in [7, 11) is 0. The van der Waals surface area contributed by atoms with Crippen molar-refractivity contribution in [2.24, 2.45) is 0 Å². The molecule has 0 spiro atoms. The van der Waals surface area contributed by atoms with Crippen molar-refractivity contribution in [2.75, 3.05) is 0 Å². The maximum Gasteiger partial charge on any atom is 0.306 e. The summed E-state index contributed by atoms with van der Waals surface area (Å²) in [5.41, 5.74) is -0.920. The molecule has 0 atom stereocenters. The molecule has 0 aromatic heterocycles. The summed E-state index contributed by atoms with van der Waals surface area (Å²) in [6.07, 6.45) is 4.33. The number of rotatable bonds is 10. The van der Waals surface area contributed by atoms with Crippen molar-refractivity contribution in [2.45, 2.75) is 98.2 Å². The molecule has 0 bridgehead atoms. The van der Waals surface area contributed by atoms with E-state index in [2.05, 4.69) is 0 Å². The molecule has 0 radical (unpaired) electrons. The molecule has 1 aromatic carbocycles. The van der Waals surface area contributed by atoms with Gasteiger partial charge in [0.05, 0.1) is 0 Å². The summed E-state index contributed by atoms with van der Waals surface area (Å²) in [6.45, 7) is 12.7. The summed E-state index contributed by atoms with van der Waals surface area (Å²) in [6, 6.07) is 9.23. The van der Waals surface area contributed by atoms with Gasteiger partial charge in [0.2, 0.25) is 0 Å². The van der Waals surface area contributed by atoms with E-state index in [1.807, 2.05) is 44.2 Å². The lowest BCUT2D eigenvalue weighted by molar-refractivity contribution is -0.199. The fourth-order valence-electron chi connectivity index (χ4n) is 2.23. The van der Waals surface area contributed by atoms with Crippen LogP contribution in [0.25, 0.3) is 0 Å². The molecule has 0 fully saturated rings. The zero-order valence-corrected chi connectivity index (χ0v) is 19.2. The fourth-order valence-corrected chi connectivity index (χ4v) is 2.23. The zero-order valence-electron chi connectivity index (χ0n) is 19.2. The highest BCUT2D eigenvalue weighted by atomic mass is 16.6. The van der Waals surface area contributed by atoms with Gasteiger partial charge in [0.25, 0.3) is 0 Å². The van der Waals surface area contributed by atoms with E-state index in [1.165, 1.54) is 0 Å². The van der Waals surface area contributed by atoms with E-state index in [4.69, 9.17) is 9.47 Å². The number of hydrogen-bond donors (Lipinski definition) is 0. The van der Waals surface area contributed by atoms with Crippen molar-refractivity contribution >= 4 is 17.7 Å². The van der Waals surface area contributed by atoms with Gasteiger partial charge in [-0.05, 0) is 47.5 Å². The first-order valence-corrected chi connectivity index (χ1v) is 10.5. The van der Waals surface area contributed by atoms with Gasteiger partial charge in [0.15, 0.2) is 5.78 Å². The monoisotopic (exact) mass is 406 g/mol. The Balaban J connectivity index is 0.000000717. The summed E-state index contributed by atoms with van der Waals surface area (Å²) < 4.78 is 11.0. The number of carbonyl (C=O) groups excluding carboxylic acids is 3. The fraction of sp³-hybridized carbons (Fsp3) is 0.625. The van der Waals surface area contributed by atoms with E-state index in [-0.39, 0.29) is 17.7 Å². The summed E-state index contributed by atoms with van der Waals surface area (Å²) >= 11 is 0.